The summed E-state index contributed by atoms with van der Waals surface area (Å²) in [5.41, 5.74) is 0.336. The molecular weight excluding hydrogens is 427 g/mol. The van der Waals surface area contributed by atoms with Crippen molar-refractivity contribution in [3.8, 4) is 11.5 Å². The summed E-state index contributed by atoms with van der Waals surface area (Å²) < 4.78 is 36.2. The molecular formula is C19H19Cl2F2N3O3. The lowest BCUT2D eigenvalue weighted by atomic mass is 9.88. The Morgan fingerprint density at radius 1 is 1.31 bits per heavy atom. The highest BCUT2D eigenvalue weighted by atomic mass is 35.5. The topological polar surface area (TPSA) is 72.5 Å². The standard InChI is InChI=1S/C19H19Cl2F2N3O3/c1-19(2,3)13-8-25-14-9(4-5-12(16(14)29-13)28-18(22)23)17(27)26-15-10(20)6-24-7-11(15)21/h4-7,13,18,25H,8H2,1-3H3,(H,24,26,27). The molecule has 0 saturated heterocycles. The lowest BCUT2D eigenvalue weighted by molar-refractivity contribution is -0.0529. The summed E-state index contributed by atoms with van der Waals surface area (Å²) in [6, 6.07) is 2.63. The molecule has 1 atom stereocenters. The highest BCUT2D eigenvalue weighted by Crippen LogP contribution is 2.44. The largest absolute Gasteiger partial charge is 0.482 e. The molecule has 2 aromatic rings. The molecule has 0 bridgehead atoms. The van der Waals surface area contributed by atoms with Crippen molar-refractivity contribution in [1.29, 1.82) is 0 Å². The van der Waals surface area contributed by atoms with Gasteiger partial charge in [-0.1, -0.05) is 44.0 Å². The molecule has 1 aromatic heterocycles. The summed E-state index contributed by atoms with van der Waals surface area (Å²) in [6.45, 7) is 3.23. The zero-order valence-electron chi connectivity index (χ0n) is 15.9. The molecule has 6 nitrogen and oxygen atoms in total. The van der Waals surface area contributed by atoms with E-state index in [2.05, 4.69) is 20.4 Å². The summed E-state index contributed by atoms with van der Waals surface area (Å²) in [7, 11) is 0. The number of hydrogen-bond acceptors (Lipinski definition) is 5. The maximum Gasteiger partial charge on any atom is 0.387 e. The van der Waals surface area contributed by atoms with Crippen molar-refractivity contribution in [1.82, 2.24) is 4.98 Å². The second-order valence-corrected chi connectivity index (χ2v) is 8.29. The van der Waals surface area contributed by atoms with Gasteiger partial charge < -0.3 is 20.1 Å². The second kappa shape index (κ2) is 8.20. The van der Waals surface area contributed by atoms with E-state index in [0.29, 0.717) is 6.54 Å². The molecule has 1 aliphatic rings. The fraction of sp³-hybridized carbons (Fsp3) is 0.368. The van der Waals surface area contributed by atoms with Crippen LogP contribution in [0.4, 0.5) is 20.2 Å². The third-order valence-electron chi connectivity index (χ3n) is 4.36. The minimum Gasteiger partial charge on any atom is -0.482 e. The van der Waals surface area contributed by atoms with E-state index in [1.807, 2.05) is 20.8 Å². The van der Waals surface area contributed by atoms with E-state index in [9.17, 15) is 13.6 Å². The quantitative estimate of drug-likeness (QED) is 0.653. The first-order valence-corrected chi connectivity index (χ1v) is 9.46. The Morgan fingerprint density at radius 3 is 2.55 bits per heavy atom. The van der Waals surface area contributed by atoms with Crippen molar-refractivity contribution in [2.45, 2.75) is 33.5 Å². The Balaban J connectivity index is 1.99. The Morgan fingerprint density at radius 2 is 1.97 bits per heavy atom. The summed E-state index contributed by atoms with van der Waals surface area (Å²) >= 11 is 12.1. The molecule has 2 N–H and O–H groups in total. The summed E-state index contributed by atoms with van der Waals surface area (Å²) in [5, 5.41) is 6.05. The minimum absolute atomic E-state index is 0.0519. The third kappa shape index (κ3) is 4.64. The number of halogens is 4. The lowest BCUT2D eigenvalue weighted by Gasteiger charge is -2.37. The van der Waals surface area contributed by atoms with Crippen LogP contribution < -0.4 is 20.1 Å². The van der Waals surface area contributed by atoms with Crippen molar-refractivity contribution in [3.63, 3.8) is 0 Å². The van der Waals surface area contributed by atoms with Crippen LogP contribution in [0.2, 0.25) is 10.0 Å². The molecule has 0 spiro atoms. The maximum atomic E-state index is 12.9. The van der Waals surface area contributed by atoms with Gasteiger partial charge in [-0.15, -0.1) is 0 Å². The van der Waals surface area contributed by atoms with Gasteiger partial charge in [0.25, 0.3) is 5.91 Å². The van der Waals surface area contributed by atoms with Gasteiger partial charge in [0.1, 0.15) is 6.10 Å². The normalized spacial score (nSPS) is 15.9. The molecule has 0 aliphatic carbocycles. The van der Waals surface area contributed by atoms with E-state index in [0.717, 1.165) is 0 Å². The summed E-state index contributed by atoms with van der Waals surface area (Å²) in [4.78, 5) is 16.7. The fourth-order valence-corrected chi connectivity index (χ4v) is 3.27. The van der Waals surface area contributed by atoms with Crippen molar-refractivity contribution >= 4 is 40.5 Å². The average molecular weight is 446 g/mol. The number of nitrogens with zero attached hydrogens (tertiary/aromatic N) is 1. The van der Waals surface area contributed by atoms with Crippen LogP contribution in [0.1, 0.15) is 31.1 Å². The SMILES string of the molecule is CC(C)(C)C1CNc2c(C(=O)Nc3c(Cl)cncc3Cl)ccc(OC(F)F)c2O1. The van der Waals surface area contributed by atoms with Crippen molar-refractivity contribution in [3.05, 3.63) is 40.1 Å². The fourth-order valence-electron chi connectivity index (χ4n) is 2.81. The van der Waals surface area contributed by atoms with E-state index in [1.165, 1.54) is 24.5 Å². The maximum absolute atomic E-state index is 12.9. The zero-order valence-corrected chi connectivity index (χ0v) is 17.4. The van der Waals surface area contributed by atoms with E-state index < -0.39 is 12.5 Å². The predicted molar refractivity (Wildman–Crippen MR) is 108 cm³/mol. The number of benzene rings is 1. The van der Waals surface area contributed by atoms with Gasteiger partial charge in [0.15, 0.2) is 11.5 Å². The Labute approximate surface area is 176 Å². The third-order valence-corrected chi connectivity index (χ3v) is 4.94. The van der Waals surface area contributed by atoms with Gasteiger partial charge >= 0.3 is 6.61 Å². The number of pyridine rings is 1. The van der Waals surface area contributed by atoms with E-state index in [4.69, 9.17) is 27.9 Å². The first kappa shape index (κ1) is 21.4. The Kier molecular flexibility index (Phi) is 6.05. The van der Waals surface area contributed by atoms with Crippen molar-refractivity contribution in [2.24, 2.45) is 5.41 Å². The molecule has 1 amide bonds. The number of carbonyl (C=O) groups excluding carboxylic acids is 1. The highest BCUT2D eigenvalue weighted by Gasteiger charge is 2.34. The summed E-state index contributed by atoms with van der Waals surface area (Å²) in [5.74, 6) is -0.658. The van der Waals surface area contributed by atoms with E-state index in [1.54, 1.807) is 0 Å². The lowest BCUT2D eigenvalue weighted by Crippen LogP contribution is -2.41. The zero-order chi connectivity index (χ0) is 21.3. The van der Waals surface area contributed by atoms with Gasteiger partial charge in [0.2, 0.25) is 0 Å². The molecule has 0 fully saturated rings. The van der Waals surface area contributed by atoms with Gasteiger partial charge in [0.05, 0.1) is 33.5 Å². The van der Waals surface area contributed by atoms with Crippen LogP contribution in [-0.4, -0.2) is 30.2 Å². The van der Waals surface area contributed by atoms with Crippen LogP contribution in [0.15, 0.2) is 24.5 Å². The van der Waals surface area contributed by atoms with Crippen LogP contribution in [0, 0.1) is 5.41 Å². The number of aromatic nitrogens is 1. The van der Waals surface area contributed by atoms with Gasteiger partial charge in [-0.3, -0.25) is 9.78 Å². The molecule has 2 heterocycles. The number of alkyl halides is 2. The monoisotopic (exact) mass is 445 g/mol. The number of fused-ring (bicyclic) bond motifs is 1. The molecule has 0 saturated carbocycles. The minimum atomic E-state index is -3.04. The summed E-state index contributed by atoms with van der Waals surface area (Å²) in [6.07, 6.45) is 2.36. The average Bonchev–Trinajstić information content (AvgIpc) is 2.63. The van der Waals surface area contributed by atoms with Crippen LogP contribution in [0.3, 0.4) is 0 Å². The van der Waals surface area contributed by atoms with Gasteiger partial charge in [-0.05, 0) is 12.1 Å². The van der Waals surface area contributed by atoms with Crippen LogP contribution >= 0.6 is 23.2 Å². The number of amides is 1. The second-order valence-electron chi connectivity index (χ2n) is 7.48. The Hall–Kier alpha value is -2.32. The molecule has 1 unspecified atom stereocenters. The number of rotatable bonds is 4. The van der Waals surface area contributed by atoms with Gasteiger partial charge in [0, 0.05) is 17.8 Å². The Bertz CT molecular complexity index is 915. The first-order valence-electron chi connectivity index (χ1n) is 8.70. The molecule has 29 heavy (non-hydrogen) atoms. The smallest absolute Gasteiger partial charge is 0.387 e. The van der Waals surface area contributed by atoms with Crippen LogP contribution in [0.25, 0.3) is 0 Å². The number of hydrogen-bond donors (Lipinski definition) is 2. The predicted octanol–water partition coefficient (Wildman–Crippen LogP) is 5.46. The van der Waals surface area contributed by atoms with Crippen molar-refractivity contribution < 1.29 is 23.0 Å². The van der Waals surface area contributed by atoms with E-state index >= 15 is 0 Å². The van der Waals surface area contributed by atoms with Gasteiger partial charge in [-0.25, -0.2) is 0 Å². The van der Waals surface area contributed by atoms with E-state index in [-0.39, 0.29) is 50.0 Å². The number of ether oxygens (including phenoxy) is 2. The number of nitrogens with one attached hydrogen (secondary N) is 2. The van der Waals surface area contributed by atoms with Crippen LogP contribution in [0.5, 0.6) is 11.5 Å². The molecule has 156 valence electrons. The van der Waals surface area contributed by atoms with Crippen molar-refractivity contribution in [2.75, 3.05) is 17.2 Å². The molecule has 10 heteroatoms. The van der Waals surface area contributed by atoms with Crippen LogP contribution in [-0.2, 0) is 0 Å². The number of carbonyl (C=O) groups is 1. The molecule has 0 radical (unpaired) electrons. The molecule has 1 aromatic carbocycles. The van der Waals surface area contributed by atoms with Gasteiger partial charge in [-0.2, -0.15) is 8.78 Å². The number of anilines is 2. The first-order chi connectivity index (χ1) is 13.6. The highest BCUT2D eigenvalue weighted by molar-refractivity contribution is 6.39. The molecule has 1 aliphatic heterocycles. The molecule has 3 rings (SSSR count).